The van der Waals surface area contributed by atoms with Crippen LogP contribution in [0.2, 0.25) is 0 Å². The fraction of sp³-hybridized carbons (Fsp3) is 0.333. The van der Waals surface area contributed by atoms with Gasteiger partial charge >= 0.3 is 0 Å². The van der Waals surface area contributed by atoms with Crippen LogP contribution in [-0.4, -0.2) is 39.2 Å². The highest BCUT2D eigenvalue weighted by molar-refractivity contribution is 6.03. The maximum atomic E-state index is 13.4. The summed E-state index contributed by atoms with van der Waals surface area (Å²) in [4.78, 5) is 15.6. The Balaban J connectivity index is 1.39. The topological polar surface area (TPSA) is 54.0 Å². The molecule has 0 spiro atoms. The number of fused-ring (bicyclic) bond motifs is 1. The third-order valence-electron chi connectivity index (χ3n) is 6.23. The highest BCUT2D eigenvalue weighted by Crippen LogP contribution is 2.34. The van der Waals surface area contributed by atoms with Gasteiger partial charge in [0.1, 0.15) is 11.8 Å². The number of carbonyl (C=O) groups excluding carboxylic acids is 1. The number of carbonyl (C=O) groups is 1. The second-order valence-electron chi connectivity index (χ2n) is 8.16. The first-order valence-electron chi connectivity index (χ1n) is 10.5. The lowest BCUT2D eigenvalue weighted by Gasteiger charge is -2.35. The van der Waals surface area contributed by atoms with Crippen LogP contribution in [0.3, 0.4) is 0 Å². The minimum absolute atomic E-state index is 0.00497. The highest BCUT2D eigenvalue weighted by atomic mass is 16.3. The van der Waals surface area contributed by atoms with Crippen LogP contribution in [-0.2, 0) is 11.3 Å². The molecule has 154 valence electrons. The molecule has 0 unspecified atom stereocenters. The molecule has 1 amide bonds. The second-order valence-corrected chi connectivity index (χ2v) is 8.16. The van der Waals surface area contributed by atoms with Gasteiger partial charge in [-0.2, -0.15) is 5.10 Å². The normalized spacial score (nSPS) is 21.5. The molecule has 6 nitrogen and oxygen atoms in total. The van der Waals surface area contributed by atoms with Gasteiger partial charge in [0, 0.05) is 37.4 Å². The molecule has 2 aromatic heterocycles. The maximum absolute atomic E-state index is 13.4. The third-order valence-corrected chi connectivity index (χ3v) is 6.23. The summed E-state index contributed by atoms with van der Waals surface area (Å²) in [6, 6.07) is 16.3. The Morgan fingerprint density at radius 2 is 1.97 bits per heavy atom. The average Bonchev–Trinajstić information content (AvgIpc) is 3.50. The summed E-state index contributed by atoms with van der Waals surface area (Å²) in [5, 5.41) is 6.39. The molecule has 0 fully saturated rings. The molecular weight excluding hydrogens is 376 g/mol. The fourth-order valence-corrected chi connectivity index (χ4v) is 4.45. The number of rotatable bonds is 4. The maximum Gasteiger partial charge on any atom is 0.257 e. The zero-order valence-electron chi connectivity index (χ0n) is 17.4. The van der Waals surface area contributed by atoms with Crippen molar-refractivity contribution in [1.82, 2.24) is 14.5 Å². The van der Waals surface area contributed by atoms with Crippen molar-refractivity contribution < 1.29 is 9.21 Å². The van der Waals surface area contributed by atoms with E-state index in [2.05, 4.69) is 65.9 Å². The van der Waals surface area contributed by atoms with Crippen molar-refractivity contribution in [2.75, 3.05) is 13.1 Å². The van der Waals surface area contributed by atoms with Crippen LogP contribution in [0.4, 0.5) is 0 Å². The molecule has 6 heteroatoms. The fourth-order valence-electron chi connectivity index (χ4n) is 4.45. The molecule has 0 radical (unpaired) electrons. The zero-order valence-corrected chi connectivity index (χ0v) is 17.4. The van der Waals surface area contributed by atoms with E-state index in [0.717, 1.165) is 30.1 Å². The first-order chi connectivity index (χ1) is 14.6. The number of nitrogens with zero attached hydrogens (tertiary/aromatic N) is 4. The molecule has 0 bridgehead atoms. The largest absolute Gasteiger partial charge is 0.467 e. The average molecular weight is 402 g/mol. The van der Waals surface area contributed by atoms with Gasteiger partial charge in [0.2, 0.25) is 0 Å². The Bertz CT molecular complexity index is 1070. The van der Waals surface area contributed by atoms with Crippen LogP contribution < -0.4 is 0 Å². The van der Waals surface area contributed by atoms with Crippen LogP contribution in [0.5, 0.6) is 0 Å². The number of benzene rings is 1. The molecular formula is C24H26N4O2. The minimum atomic E-state index is -0.201. The Hall–Kier alpha value is -3.12. The van der Waals surface area contributed by atoms with E-state index in [9.17, 15) is 4.79 Å². The molecule has 1 aromatic carbocycles. The van der Waals surface area contributed by atoms with Gasteiger partial charge in [0.05, 0.1) is 18.5 Å². The second kappa shape index (κ2) is 7.61. The van der Waals surface area contributed by atoms with Crippen molar-refractivity contribution in [3.05, 3.63) is 83.6 Å². The van der Waals surface area contributed by atoms with Gasteiger partial charge in [-0.15, -0.1) is 0 Å². The SMILES string of the molecule is Cc1ccc(C2=NN(C(=O)CN3CCn4cccc4[C@H]3C)[C@@H](c3ccco3)C2)cc1. The molecule has 2 atom stereocenters. The first-order valence-corrected chi connectivity index (χ1v) is 10.5. The molecule has 30 heavy (non-hydrogen) atoms. The molecule has 0 N–H and O–H groups in total. The van der Waals surface area contributed by atoms with Gasteiger partial charge < -0.3 is 8.98 Å². The smallest absolute Gasteiger partial charge is 0.257 e. The van der Waals surface area contributed by atoms with Gasteiger partial charge in [0.15, 0.2) is 0 Å². The van der Waals surface area contributed by atoms with E-state index >= 15 is 0 Å². The van der Waals surface area contributed by atoms with E-state index in [4.69, 9.17) is 9.52 Å². The predicted octanol–water partition coefficient (Wildman–Crippen LogP) is 4.14. The zero-order chi connectivity index (χ0) is 20.7. The van der Waals surface area contributed by atoms with Crippen LogP contribution >= 0.6 is 0 Å². The van der Waals surface area contributed by atoms with Gasteiger partial charge in [0.25, 0.3) is 5.91 Å². The van der Waals surface area contributed by atoms with Crippen molar-refractivity contribution in [3.63, 3.8) is 0 Å². The van der Waals surface area contributed by atoms with Crippen LogP contribution in [0.1, 0.15) is 48.0 Å². The summed E-state index contributed by atoms with van der Waals surface area (Å²) in [5.41, 5.74) is 4.43. The number of amides is 1. The summed E-state index contributed by atoms with van der Waals surface area (Å²) < 4.78 is 7.93. The van der Waals surface area contributed by atoms with Crippen molar-refractivity contribution in [1.29, 1.82) is 0 Å². The lowest BCUT2D eigenvalue weighted by Crippen LogP contribution is -2.43. The van der Waals surface area contributed by atoms with Crippen molar-refractivity contribution in [3.8, 4) is 0 Å². The quantitative estimate of drug-likeness (QED) is 0.659. The first kappa shape index (κ1) is 18.9. The van der Waals surface area contributed by atoms with Gasteiger partial charge in [-0.25, -0.2) is 5.01 Å². The van der Waals surface area contributed by atoms with E-state index in [1.807, 2.05) is 12.1 Å². The molecule has 0 saturated carbocycles. The van der Waals surface area contributed by atoms with Crippen molar-refractivity contribution in [2.24, 2.45) is 5.10 Å². The predicted molar refractivity (Wildman–Crippen MR) is 115 cm³/mol. The Kier molecular flexibility index (Phi) is 4.79. The van der Waals surface area contributed by atoms with Crippen LogP contribution in [0.15, 0.2) is 70.5 Å². The van der Waals surface area contributed by atoms with Crippen molar-refractivity contribution >= 4 is 11.6 Å². The summed E-state index contributed by atoms with van der Waals surface area (Å²) in [6.45, 7) is 6.32. The monoisotopic (exact) mass is 402 g/mol. The Labute approximate surface area is 176 Å². The molecule has 0 saturated heterocycles. The number of aryl methyl sites for hydroxylation is 1. The summed E-state index contributed by atoms with van der Waals surface area (Å²) in [7, 11) is 0. The van der Waals surface area contributed by atoms with Gasteiger partial charge in [-0.3, -0.25) is 9.69 Å². The molecule has 3 aromatic rings. The summed E-state index contributed by atoms with van der Waals surface area (Å²) >= 11 is 0. The Morgan fingerprint density at radius 3 is 2.73 bits per heavy atom. The van der Waals surface area contributed by atoms with E-state index in [1.165, 1.54) is 11.3 Å². The number of furan rings is 1. The molecule has 2 aliphatic heterocycles. The number of hydrogen-bond acceptors (Lipinski definition) is 4. The van der Waals surface area contributed by atoms with Crippen LogP contribution in [0.25, 0.3) is 0 Å². The van der Waals surface area contributed by atoms with E-state index < -0.39 is 0 Å². The molecule has 0 aliphatic carbocycles. The molecule has 5 rings (SSSR count). The van der Waals surface area contributed by atoms with Gasteiger partial charge in [-0.1, -0.05) is 29.8 Å². The Morgan fingerprint density at radius 1 is 1.13 bits per heavy atom. The van der Waals surface area contributed by atoms with E-state index in [0.29, 0.717) is 13.0 Å². The van der Waals surface area contributed by atoms with E-state index in [-0.39, 0.29) is 18.0 Å². The lowest BCUT2D eigenvalue weighted by atomic mass is 10.0. The van der Waals surface area contributed by atoms with Gasteiger partial charge in [-0.05, 0) is 43.7 Å². The minimum Gasteiger partial charge on any atom is -0.467 e. The van der Waals surface area contributed by atoms with Crippen LogP contribution in [0, 0.1) is 6.92 Å². The standard InChI is InChI=1S/C24H26N4O2/c1-17-7-9-19(10-8-17)20-15-22(23-6-4-14-30-23)28(25-20)24(29)16-27-13-12-26-11-3-5-21(26)18(27)2/h3-11,14,18,22H,12-13,15-16H2,1-2H3/t18-,22-/m1/s1. The highest BCUT2D eigenvalue weighted by Gasteiger charge is 2.36. The number of hydrazone groups is 1. The number of hydrogen-bond donors (Lipinski definition) is 0. The summed E-state index contributed by atoms with van der Waals surface area (Å²) in [6.07, 6.45) is 4.42. The third kappa shape index (κ3) is 3.37. The lowest BCUT2D eigenvalue weighted by molar-refractivity contribution is -0.135. The molecule has 4 heterocycles. The summed E-state index contributed by atoms with van der Waals surface area (Å²) in [5.74, 6) is 0.778. The van der Waals surface area contributed by atoms with Crippen molar-refractivity contribution in [2.45, 2.75) is 38.9 Å². The molecule has 2 aliphatic rings. The number of aromatic nitrogens is 1. The van der Waals surface area contributed by atoms with E-state index in [1.54, 1.807) is 11.3 Å².